The zero-order valence-corrected chi connectivity index (χ0v) is 13.9. The summed E-state index contributed by atoms with van der Waals surface area (Å²) in [6.45, 7) is 7.24. The molecule has 1 saturated carbocycles. The lowest BCUT2D eigenvalue weighted by atomic mass is 9.92. The zero-order chi connectivity index (χ0) is 14.8. The monoisotopic (exact) mass is 339 g/mol. The molecule has 4 nitrogen and oxygen atoms in total. The van der Waals surface area contributed by atoms with E-state index in [1.165, 1.54) is 0 Å². The molecule has 1 aliphatic carbocycles. The van der Waals surface area contributed by atoms with Crippen LogP contribution in [-0.2, 0) is 0 Å². The number of nitrogens with zero attached hydrogens (tertiary/aromatic N) is 1. The average molecular weight is 340 g/mol. The van der Waals surface area contributed by atoms with Crippen molar-refractivity contribution in [1.29, 1.82) is 0 Å². The summed E-state index contributed by atoms with van der Waals surface area (Å²) >= 11 is 3.38. The third kappa shape index (κ3) is 3.72. The van der Waals surface area contributed by atoms with Crippen LogP contribution in [0.1, 0.15) is 50.4 Å². The van der Waals surface area contributed by atoms with Crippen LogP contribution in [0.4, 0.5) is 5.82 Å². The van der Waals surface area contributed by atoms with Gasteiger partial charge in [0.1, 0.15) is 5.82 Å². The SMILES string of the molecule is CCNc1ncc(Br)cc1C(=O)NC1CCC(C)(C)C1. The van der Waals surface area contributed by atoms with Crippen molar-refractivity contribution >= 4 is 27.7 Å². The molecule has 1 aromatic rings. The van der Waals surface area contributed by atoms with E-state index in [0.29, 0.717) is 16.8 Å². The number of amides is 1. The minimum Gasteiger partial charge on any atom is -0.370 e. The minimum atomic E-state index is -0.0440. The molecule has 1 amide bonds. The first-order valence-electron chi connectivity index (χ1n) is 7.11. The van der Waals surface area contributed by atoms with Crippen LogP contribution >= 0.6 is 15.9 Å². The maximum Gasteiger partial charge on any atom is 0.255 e. The summed E-state index contributed by atoms with van der Waals surface area (Å²) in [7, 11) is 0. The molecule has 0 aliphatic heterocycles. The van der Waals surface area contributed by atoms with Crippen molar-refractivity contribution in [2.75, 3.05) is 11.9 Å². The van der Waals surface area contributed by atoms with Crippen molar-refractivity contribution in [3.8, 4) is 0 Å². The Morgan fingerprint density at radius 2 is 2.30 bits per heavy atom. The Kier molecular flexibility index (Phi) is 4.68. The van der Waals surface area contributed by atoms with Crippen LogP contribution in [0.2, 0.25) is 0 Å². The fourth-order valence-corrected chi connectivity index (χ4v) is 3.07. The Labute approximate surface area is 128 Å². The molecule has 1 fully saturated rings. The fourth-order valence-electron chi connectivity index (χ4n) is 2.74. The molecule has 1 aliphatic rings. The molecular weight excluding hydrogens is 318 g/mol. The van der Waals surface area contributed by atoms with Crippen molar-refractivity contribution in [2.24, 2.45) is 5.41 Å². The molecule has 2 rings (SSSR count). The van der Waals surface area contributed by atoms with Gasteiger partial charge in [-0.15, -0.1) is 0 Å². The van der Waals surface area contributed by atoms with Gasteiger partial charge in [0.15, 0.2) is 0 Å². The molecule has 0 bridgehead atoms. The van der Waals surface area contributed by atoms with E-state index >= 15 is 0 Å². The molecule has 0 saturated heterocycles. The van der Waals surface area contributed by atoms with Crippen LogP contribution in [0.5, 0.6) is 0 Å². The van der Waals surface area contributed by atoms with Crippen LogP contribution in [0.15, 0.2) is 16.7 Å². The fraction of sp³-hybridized carbons (Fsp3) is 0.600. The van der Waals surface area contributed by atoms with E-state index in [-0.39, 0.29) is 11.9 Å². The first-order valence-corrected chi connectivity index (χ1v) is 7.91. The van der Waals surface area contributed by atoms with Gasteiger partial charge in [-0.1, -0.05) is 13.8 Å². The molecule has 0 spiro atoms. The highest BCUT2D eigenvalue weighted by Gasteiger charge is 2.32. The maximum atomic E-state index is 12.4. The Hall–Kier alpha value is -1.10. The van der Waals surface area contributed by atoms with Gasteiger partial charge in [0.2, 0.25) is 0 Å². The van der Waals surface area contributed by atoms with E-state index in [1.807, 2.05) is 13.0 Å². The number of anilines is 1. The van der Waals surface area contributed by atoms with E-state index in [9.17, 15) is 4.79 Å². The molecule has 20 heavy (non-hydrogen) atoms. The highest BCUT2D eigenvalue weighted by atomic mass is 79.9. The van der Waals surface area contributed by atoms with E-state index in [2.05, 4.69) is 45.4 Å². The summed E-state index contributed by atoms with van der Waals surface area (Å²) < 4.78 is 0.816. The number of carbonyl (C=O) groups excluding carboxylic acids is 1. The van der Waals surface area contributed by atoms with E-state index in [4.69, 9.17) is 0 Å². The molecule has 1 unspecified atom stereocenters. The van der Waals surface area contributed by atoms with E-state index in [1.54, 1.807) is 6.20 Å². The number of nitrogens with one attached hydrogen (secondary N) is 2. The molecule has 2 N–H and O–H groups in total. The Morgan fingerprint density at radius 3 is 2.90 bits per heavy atom. The molecule has 1 heterocycles. The number of hydrogen-bond acceptors (Lipinski definition) is 3. The van der Waals surface area contributed by atoms with Crippen LogP contribution in [0.3, 0.4) is 0 Å². The summed E-state index contributed by atoms with van der Waals surface area (Å²) in [5.74, 6) is 0.600. The first kappa shape index (κ1) is 15.3. The highest BCUT2D eigenvalue weighted by molar-refractivity contribution is 9.10. The normalized spacial score (nSPS) is 20.7. The Bertz CT molecular complexity index is 502. The predicted molar refractivity (Wildman–Crippen MR) is 85.0 cm³/mol. The third-order valence-electron chi connectivity index (χ3n) is 3.75. The Balaban J connectivity index is 2.11. The molecule has 1 aromatic heterocycles. The largest absolute Gasteiger partial charge is 0.370 e. The topological polar surface area (TPSA) is 54.0 Å². The Morgan fingerprint density at radius 1 is 1.55 bits per heavy atom. The molecule has 5 heteroatoms. The van der Waals surface area contributed by atoms with Gasteiger partial charge in [-0.2, -0.15) is 0 Å². The van der Waals surface area contributed by atoms with Crippen molar-refractivity contribution in [2.45, 2.75) is 46.1 Å². The summed E-state index contributed by atoms with van der Waals surface area (Å²) in [6.07, 6.45) is 4.95. The van der Waals surface area contributed by atoms with Crippen LogP contribution in [-0.4, -0.2) is 23.5 Å². The van der Waals surface area contributed by atoms with Gasteiger partial charge in [0.05, 0.1) is 5.56 Å². The lowest BCUT2D eigenvalue weighted by Gasteiger charge is -2.18. The number of rotatable bonds is 4. The third-order valence-corrected chi connectivity index (χ3v) is 4.18. The van der Waals surface area contributed by atoms with E-state index in [0.717, 1.165) is 30.3 Å². The number of carbonyl (C=O) groups is 1. The summed E-state index contributed by atoms with van der Waals surface area (Å²) in [6, 6.07) is 2.09. The number of hydrogen-bond donors (Lipinski definition) is 2. The molecule has 1 atom stereocenters. The summed E-state index contributed by atoms with van der Waals surface area (Å²) in [5.41, 5.74) is 0.934. The van der Waals surface area contributed by atoms with Gasteiger partial charge >= 0.3 is 0 Å². The zero-order valence-electron chi connectivity index (χ0n) is 12.3. The van der Waals surface area contributed by atoms with E-state index < -0.39 is 0 Å². The summed E-state index contributed by atoms with van der Waals surface area (Å²) in [5, 5.41) is 6.27. The highest BCUT2D eigenvalue weighted by Crippen LogP contribution is 2.37. The molecular formula is C15H22BrN3O. The van der Waals surface area contributed by atoms with Crippen molar-refractivity contribution < 1.29 is 4.79 Å². The van der Waals surface area contributed by atoms with Gasteiger partial charge in [-0.05, 0) is 53.6 Å². The standard InChI is InChI=1S/C15H22BrN3O/c1-4-17-13-12(7-10(16)9-18-13)14(20)19-11-5-6-15(2,3)8-11/h7,9,11H,4-6,8H2,1-3H3,(H,17,18)(H,19,20). The van der Waals surface area contributed by atoms with Gasteiger partial charge in [-0.3, -0.25) is 4.79 Å². The average Bonchev–Trinajstić information content (AvgIpc) is 2.71. The van der Waals surface area contributed by atoms with Gasteiger partial charge < -0.3 is 10.6 Å². The lowest BCUT2D eigenvalue weighted by molar-refractivity contribution is 0.0936. The number of pyridine rings is 1. The lowest BCUT2D eigenvalue weighted by Crippen LogP contribution is -2.34. The second kappa shape index (κ2) is 6.12. The quantitative estimate of drug-likeness (QED) is 0.881. The van der Waals surface area contributed by atoms with Crippen molar-refractivity contribution in [3.05, 3.63) is 22.3 Å². The minimum absolute atomic E-state index is 0.0440. The van der Waals surface area contributed by atoms with Crippen LogP contribution < -0.4 is 10.6 Å². The van der Waals surface area contributed by atoms with Crippen molar-refractivity contribution in [1.82, 2.24) is 10.3 Å². The maximum absolute atomic E-state index is 12.4. The number of halogens is 1. The molecule has 110 valence electrons. The van der Waals surface area contributed by atoms with Gasteiger partial charge in [0.25, 0.3) is 5.91 Å². The summed E-state index contributed by atoms with van der Waals surface area (Å²) in [4.78, 5) is 16.7. The number of aromatic nitrogens is 1. The van der Waals surface area contributed by atoms with Crippen LogP contribution in [0, 0.1) is 5.41 Å². The molecule has 0 radical (unpaired) electrons. The van der Waals surface area contributed by atoms with Crippen LogP contribution in [0.25, 0.3) is 0 Å². The smallest absolute Gasteiger partial charge is 0.255 e. The van der Waals surface area contributed by atoms with Gasteiger partial charge in [0, 0.05) is 23.3 Å². The second-order valence-electron chi connectivity index (χ2n) is 6.16. The second-order valence-corrected chi connectivity index (χ2v) is 7.07. The van der Waals surface area contributed by atoms with Crippen molar-refractivity contribution in [3.63, 3.8) is 0 Å². The predicted octanol–water partition coefficient (Wildman–Crippen LogP) is 3.58. The van der Waals surface area contributed by atoms with Gasteiger partial charge in [-0.25, -0.2) is 4.98 Å². The first-order chi connectivity index (χ1) is 9.41. The molecule has 0 aromatic carbocycles.